The van der Waals surface area contributed by atoms with Crippen LogP contribution >= 0.6 is 15.9 Å². The van der Waals surface area contributed by atoms with Crippen LogP contribution in [0.15, 0.2) is 35.1 Å². The number of hydrogen-bond acceptors (Lipinski definition) is 3. The van der Waals surface area contributed by atoms with E-state index in [0.29, 0.717) is 5.82 Å². The number of aromatic nitrogens is 3. The van der Waals surface area contributed by atoms with Crippen LogP contribution in [0.1, 0.15) is 5.82 Å². The van der Waals surface area contributed by atoms with E-state index in [0.717, 1.165) is 10.2 Å². The zero-order valence-corrected chi connectivity index (χ0v) is 8.85. The van der Waals surface area contributed by atoms with Crippen LogP contribution in [-0.2, 0) is 6.61 Å². The van der Waals surface area contributed by atoms with Crippen LogP contribution < -0.4 is 0 Å². The van der Waals surface area contributed by atoms with E-state index in [9.17, 15) is 0 Å². The Labute approximate surface area is 89.3 Å². The smallest absolute Gasteiger partial charge is 0.163 e. The average Bonchev–Trinajstić information content (AvgIpc) is 2.66. The summed E-state index contributed by atoms with van der Waals surface area (Å²) in [6, 6.07) is 7.70. The first-order valence-corrected chi connectivity index (χ1v) is 4.87. The van der Waals surface area contributed by atoms with Gasteiger partial charge in [-0.15, -0.1) is 10.2 Å². The maximum atomic E-state index is 9.02. The van der Waals surface area contributed by atoms with Gasteiger partial charge in [-0.1, -0.05) is 12.1 Å². The lowest BCUT2D eigenvalue weighted by Gasteiger charge is -2.06. The van der Waals surface area contributed by atoms with E-state index in [2.05, 4.69) is 26.1 Å². The molecule has 1 heterocycles. The molecule has 0 atom stereocenters. The molecule has 0 saturated carbocycles. The van der Waals surface area contributed by atoms with Crippen molar-refractivity contribution in [3.63, 3.8) is 0 Å². The molecule has 0 bridgehead atoms. The minimum Gasteiger partial charge on any atom is -0.388 e. The van der Waals surface area contributed by atoms with Gasteiger partial charge in [0.05, 0.1) is 5.69 Å². The lowest BCUT2D eigenvalue weighted by atomic mass is 10.3. The standard InChI is InChI=1S/C9H8BrN3O/c10-7-3-1-2-4-8(7)13-6-11-12-9(13)5-14/h1-4,6,14H,5H2. The van der Waals surface area contributed by atoms with Crippen molar-refractivity contribution in [2.75, 3.05) is 0 Å². The fraction of sp³-hybridized carbons (Fsp3) is 0.111. The quantitative estimate of drug-likeness (QED) is 0.883. The summed E-state index contributed by atoms with van der Waals surface area (Å²) in [5, 5.41) is 16.6. The Hall–Kier alpha value is -1.20. The Balaban J connectivity index is 2.54. The van der Waals surface area contributed by atoms with Crippen molar-refractivity contribution in [1.29, 1.82) is 0 Å². The topological polar surface area (TPSA) is 50.9 Å². The number of aliphatic hydroxyl groups excluding tert-OH is 1. The molecule has 0 amide bonds. The molecule has 0 radical (unpaired) electrons. The molecule has 5 heteroatoms. The monoisotopic (exact) mass is 253 g/mol. The van der Waals surface area contributed by atoms with Gasteiger partial charge in [0.1, 0.15) is 12.9 Å². The molecule has 0 aliphatic carbocycles. The second kappa shape index (κ2) is 3.89. The number of benzene rings is 1. The molecule has 2 aromatic rings. The van der Waals surface area contributed by atoms with Crippen LogP contribution in [0.2, 0.25) is 0 Å². The van der Waals surface area contributed by atoms with Crippen LogP contribution in [0.5, 0.6) is 0 Å². The highest BCUT2D eigenvalue weighted by Crippen LogP contribution is 2.20. The maximum Gasteiger partial charge on any atom is 0.163 e. The highest BCUT2D eigenvalue weighted by atomic mass is 79.9. The molecule has 0 aliphatic rings. The number of para-hydroxylation sites is 1. The third kappa shape index (κ3) is 1.56. The van der Waals surface area contributed by atoms with E-state index in [1.54, 1.807) is 10.9 Å². The molecular weight excluding hydrogens is 246 g/mol. The van der Waals surface area contributed by atoms with Crippen molar-refractivity contribution < 1.29 is 5.11 Å². The van der Waals surface area contributed by atoms with E-state index in [1.165, 1.54) is 0 Å². The third-order valence-electron chi connectivity index (χ3n) is 1.87. The van der Waals surface area contributed by atoms with Crippen molar-refractivity contribution in [1.82, 2.24) is 14.8 Å². The van der Waals surface area contributed by atoms with Gasteiger partial charge in [-0.25, -0.2) is 0 Å². The van der Waals surface area contributed by atoms with Crippen LogP contribution in [-0.4, -0.2) is 19.9 Å². The van der Waals surface area contributed by atoms with Gasteiger partial charge in [-0.05, 0) is 28.1 Å². The van der Waals surface area contributed by atoms with E-state index >= 15 is 0 Å². The predicted molar refractivity (Wildman–Crippen MR) is 55.0 cm³/mol. The van der Waals surface area contributed by atoms with E-state index in [4.69, 9.17) is 5.11 Å². The number of halogens is 1. The van der Waals surface area contributed by atoms with Gasteiger partial charge in [0.25, 0.3) is 0 Å². The van der Waals surface area contributed by atoms with Crippen molar-refractivity contribution in [2.24, 2.45) is 0 Å². The van der Waals surface area contributed by atoms with Crippen molar-refractivity contribution in [3.8, 4) is 5.69 Å². The lowest BCUT2D eigenvalue weighted by molar-refractivity contribution is 0.269. The molecule has 0 unspecified atom stereocenters. The molecule has 1 aromatic heterocycles. The molecule has 1 N–H and O–H groups in total. The molecule has 4 nitrogen and oxygen atoms in total. The molecule has 0 spiro atoms. The number of rotatable bonds is 2. The number of aliphatic hydroxyl groups is 1. The molecule has 2 rings (SSSR count). The Morgan fingerprint density at radius 3 is 2.86 bits per heavy atom. The highest BCUT2D eigenvalue weighted by Gasteiger charge is 2.06. The van der Waals surface area contributed by atoms with Crippen LogP contribution in [0.3, 0.4) is 0 Å². The van der Waals surface area contributed by atoms with Crippen molar-refractivity contribution in [2.45, 2.75) is 6.61 Å². The molecular formula is C9H8BrN3O. The molecule has 0 fully saturated rings. The first-order chi connectivity index (χ1) is 6.83. The molecule has 1 aromatic carbocycles. The zero-order chi connectivity index (χ0) is 9.97. The SMILES string of the molecule is OCc1nncn1-c1ccccc1Br. The van der Waals surface area contributed by atoms with Gasteiger partial charge in [0.15, 0.2) is 5.82 Å². The molecule has 0 aliphatic heterocycles. The summed E-state index contributed by atoms with van der Waals surface area (Å²) in [5.41, 5.74) is 0.918. The summed E-state index contributed by atoms with van der Waals surface area (Å²) in [7, 11) is 0. The first kappa shape index (κ1) is 9.36. The van der Waals surface area contributed by atoms with Gasteiger partial charge in [-0.3, -0.25) is 4.57 Å². The van der Waals surface area contributed by atoms with E-state index < -0.39 is 0 Å². The van der Waals surface area contributed by atoms with Gasteiger partial charge in [-0.2, -0.15) is 0 Å². The molecule has 0 saturated heterocycles. The van der Waals surface area contributed by atoms with Crippen LogP contribution in [0, 0.1) is 0 Å². The Bertz CT molecular complexity index is 441. The predicted octanol–water partition coefficient (Wildman–Crippen LogP) is 1.52. The summed E-state index contributed by atoms with van der Waals surface area (Å²) in [6.07, 6.45) is 1.58. The maximum absolute atomic E-state index is 9.02. The Morgan fingerprint density at radius 2 is 2.14 bits per heavy atom. The summed E-state index contributed by atoms with van der Waals surface area (Å²) in [4.78, 5) is 0. The number of nitrogens with zero attached hydrogens (tertiary/aromatic N) is 3. The molecule has 14 heavy (non-hydrogen) atoms. The van der Waals surface area contributed by atoms with E-state index in [-0.39, 0.29) is 6.61 Å². The zero-order valence-electron chi connectivity index (χ0n) is 7.26. The second-order valence-corrected chi connectivity index (χ2v) is 3.58. The normalized spacial score (nSPS) is 10.4. The Morgan fingerprint density at radius 1 is 1.36 bits per heavy atom. The Kier molecular flexibility index (Phi) is 2.60. The lowest BCUT2D eigenvalue weighted by Crippen LogP contribution is -2.00. The fourth-order valence-corrected chi connectivity index (χ4v) is 1.69. The summed E-state index contributed by atoms with van der Waals surface area (Å²) >= 11 is 3.42. The van der Waals surface area contributed by atoms with Crippen LogP contribution in [0.4, 0.5) is 0 Å². The van der Waals surface area contributed by atoms with Crippen molar-refractivity contribution >= 4 is 15.9 Å². The fourth-order valence-electron chi connectivity index (χ4n) is 1.22. The summed E-state index contributed by atoms with van der Waals surface area (Å²) in [5.74, 6) is 0.525. The number of hydrogen-bond donors (Lipinski definition) is 1. The van der Waals surface area contributed by atoms with Gasteiger partial charge in [0.2, 0.25) is 0 Å². The third-order valence-corrected chi connectivity index (χ3v) is 2.54. The first-order valence-electron chi connectivity index (χ1n) is 4.07. The van der Waals surface area contributed by atoms with E-state index in [1.807, 2.05) is 24.3 Å². The minimum absolute atomic E-state index is 0.124. The summed E-state index contributed by atoms with van der Waals surface area (Å²) < 4.78 is 2.68. The second-order valence-electron chi connectivity index (χ2n) is 2.73. The minimum atomic E-state index is -0.124. The van der Waals surface area contributed by atoms with Crippen molar-refractivity contribution in [3.05, 3.63) is 40.9 Å². The largest absolute Gasteiger partial charge is 0.388 e. The van der Waals surface area contributed by atoms with Crippen LogP contribution in [0.25, 0.3) is 5.69 Å². The van der Waals surface area contributed by atoms with Gasteiger partial charge >= 0.3 is 0 Å². The average molecular weight is 254 g/mol. The molecule has 72 valence electrons. The van der Waals surface area contributed by atoms with Gasteiger partial charge in [0, 0.05) is 4.47 Å². The highest BCUT2D eigenvalue weighted by molar-refractivity contribution is 9.10. The van der Waals surface area contributed by atoms with Gasteiger partial charge < -0.3 is 5.11 Å². The summed E-state index contributed by atoms with van der Waals surface area (Å²) in [6.45, 7) is -0.124.